The molecule has 1 unspecified atom stereocenters. The van der Waals surface area contributed by atoms with Gasteiger partial charge in [0.15, 0.2) is 0 Å². The summed E-state index contributed by atoms with van der Waals surface area (Å²) in [5.74, 6) is 0.119. The summed E-state index contributed by atoms with van der Waals surface area (Å²) >= 11 is 3.38. The van der Waals surface area contributed by atoms with E-state index in [1.165, 1.54) is 0 Å². The zero-order valence-electron chi connectivity index (χ0n) is 12.5. The Morgan fingerprint density at radius 1 is 1.13 bits per heavy atom. The normalized spacial score (nSPS) is 17.3. The molecular weight excluding hydrogens is 356 g/mol. The van der Waals surface area contributed by atoms with Crippen LogP contribution in [-0.4, -0.2) is 24.9 Å². The van der Waals surface area contributed by atoms with E-state index >= 15 is 0 Å². The summed E-state index contributed by atoms with van der Waals surface area (Å²) in [4.78, 5) is 26.2. The molecule has 1 saturated heterocycles. The highest BCUT2D eigenvalue weighted by atomic mass is 79.9. The highest BCUT2D eigenvalue weighted by Gasteiger charge is 2.30. The van der Waals surface area contributed by atoms with Crippen LogP contribution in [0.15, 0.2) is 59.1 Å². The molecule has 4 nitrogen and oxygen atoms in total. The van der Waals surface area contributed by atoms with Crippen LogP contribution in [0.1, 0.15) is 16.8 Å². The standard InChI is InChI=1S/C18H17BrN2O2/c19-16-9-5-4-8-15(16)18(23)20-11-13-10-17(22)21(12-13)14-6-2-1-3-7-14/h1-9,13H,10-12H2,(H,20,23). The molecule has 0 aliphatic carbocycles. The van der Waals surface area contributed by atoms with Gasteiger partial charge in [-0.2, -0.15) is 0 Å². The number of benzene rings is 2. The van der Waals surface area contributed by atoms with E-state index in [1.807, 2.05) is 48.5 Å². The third kappa shape index (κ3) is 3.62. The second-order valence-corrected chi connectivity index (χ2v) is 6.45. The van der Waals surface area contributed by atoms with Crippen molar-refractivity contribution in [2.24, 2.45) is 5.92 Å². The van der Waals surface area contributed by atoms with E-state index in [0.717, 1.165) is 10.2 Å². The Morgan fingerprint density at radius 3 is 2.57 bits per heavy atom. The van der Waals surface area contributed by atoms with Crippen molar-refractivity contribution in [3.05, 3.63) is 64.6 Å². The molecule has 23 heavy (non-hydrogen) atoms. The fraction of sp³-hybridized carbons (Fsp3) is 0.222. The van der Waals surface area contributed by atoms with E-state index in [9.17, 15) is 9.59 Å². The van der Waals surface area contributed by atoms with Crippen LogP contribution in [0, 0.1) is 5.92 Å². The van der Waals surface area contributed by atoms with E-state index in [2.05, 4.69) is 21.2 Å². The van der Waals surface area contributed by atoms with Gasteiger partial charge in [-0.1, -0.05) is 30.3 Å². The van der Waals surface area contributed by atoms with Gasteiger partial charge in [-0.05, 0) is 40.2 Å². The maximum absolute atomic E-state index is 12.2. The van der Waals surface area contributed by atoms with Crippen LogP contribution in [0.25, 0.3) is 0 Å². The van der Waals surface area contributed by atoms with E-state index in [0.29, 0.717) is 25.1 Å². The van der Waals surface area contributed by atoms with Gasteiger partial charge < -0.3 is 10.2 Å². The van der Waals surface area contributed by atoms with Crippen LogP contribution in [0.5, 0.6) is 0 Å². The van der Waals surface area contributed by atoms with Gasteiger partial charge in [0.25, 0.3) is 5.91 Å². The molecule has 2 aromatic rings. The Bertz CT molecular complexity index is 718. The van der Waals surface area contributed by atoms with E-state index in [-0.39, 0.29) is 17.7 Å². The Labute approximate surface area is 143 Å². The molecular formula is C18H17BrN2O2. The van der Waals surface area contributed by atoms with Gasteiger partial charge in [0.2, 0.25) is 5.91 Å². The molecule has 1 fully saturated rings. The van der Waals surface area contributed by atoms with E-state index < -0.39 is 0 Å². The van der Waals surface area contributed by atoms with Crippen molar-refractivity contribution in [3.63, 3.8) is 0 Å². The lowest BCUT2D eigenvalue weighted by molar-refractivity contribution is -0.117. The molecule has 5 heteroatoms. The molecule has 0 spiro atoms. The minimum atomic E-state index is -0.122. The minimum Gasteiger partial charge on any atom is -0.352 e. The van der Waals surface area contributed by atoms with Crippen molar-refractivity contribution in [3.8, 4) is 0 Å². The molecule has 1 aliphatic rings. The average molecular weight is 373 g/mol. The third-order valence-corrected chi connectivity index (χ3v) is 4.63. The molecule has 3 rings (SSSR count). The molecule has 0 aromatic heterocycles. The summed E-state index contributed by atoms with van der Waals surface area (Å²) in [5, 5.41) is 2.93. The summed E-state index contributed by atoms with van der Waals surface area (Å²) in [6, 6.07) is 16.9. The summed E-state index contributed by atoms with van der Waals surface area (Å²) in [6.45, 7) is 1.13. The number of halogens is 1. The first-order chi connectivity index (χ1) is 11.1. The van der Waals surface area contributed by atoms with Gasteiger partial charge in [0.05, 0.1) is 5.56 Å². The fourth-order valence-electron chi connectivity index (χ4n) is 2.75. The number of amides is 2. The Kier molecular flexibility index (Phi) is 4.76. The first-order valence-electron chi connectivity index (χ1n) is 7.53. The first-order valence-corrected chi connectivity index (χ1v) is 8.32. The van der Waals surface area contributed by atoms with Gasteiger partial charge >= 0.3 is 0 Å². The Hall–Kier alpha value is -2.14. The average Bonchev–Trinajstić information content (AvgIpc) is 2.95. The van der Waals surface area contributed by atoms with Crippen molar-refractivity contribution >= 4 is 33.4 Å². The smallest absolute Gasteiger partial charge is 0.252 e. The van der Waals surface area contributed by atoms with Crippen LogP contribution < -0.4 is 10.2 Å². The quantitative estimate of drug-likeness (QED) is 0.895. The second kappa shape index (κ2) is 6.96. The number of carbonyl (C=O) groups excluding carboxylic acids is 2. The number of hydrogen-bond acceptors (Lipinski definition) is 2. The Balaban J connectivity index is 1.59. The number of anilines is 1. The van der Waals surface area contributed by atoms with Crippen molar-refractivity contribution in [1.82, 2.24) is 5.32 Å². The zero-order chi connectivity index (χ0) is 16.2. The molecule has 0 bridgehead atoms. The van der Waals surface area contributed by atoms with Crippen molar-refractivity contribution in [2.75, 3.05) is 18.0 Å². The van der Waals surface area contributed by atoms with E-state index in [4.69, 9.17) is 0 Å². The summed E-state index contributed by atoms with van der Waals surface area (Å²) in [5.41, 5.74) is 1.52. The lowest BCUT2D eigenvalue weighted by Crippen LogP contribution is -2.31. The topological polar surface area (TPSA) is 49.4 Å². The van der Waals surface area contributed by atoms with E-state index in [1.54, 1.807) is 11.0 Å². The van der Waals surface area contributed by atoms with Crippen LogP contribution in [0.4, 0.5) is 5.69 Å². The van der Waals surface area contributed by atoms with Crippen LogP contribution in [-0.2, 0) is 4.79 Å². The molecule has 2 aromatic carbocycles. The number of nitrogens with one attached hydrogen (secondary N) is 1. The lowest BCUT2D eigenvalue weighted by Gasteiger charge is -2.17. The van der Waals surface area contributed by atoms with Crippen molar-refractivity contribution in [2.45, 2.75) is 6.42 Å². The number of nitrogens with zero attached hydrogens (tertiary/aromatic N) is 1. The molecule has 1 aliphatic heterocycles. The molecule has 0 saturated carbocycles. The maximum atomic E-state index is 12.2. The largest absolute Gasteiger partial charge is 0.352 e. The molecule has 1 atom stereocenters. The van der Waals surface area contributed by atoms with Gasteiger partial charge in [-0.25, -0.2) is 0 Å². The minimum absolute atomic E-state index is 0.108. The van der Waals surface area contributed by atoms with Crippen LogP contribution in [0.2, 0.25) is 0 Å². The second-order valence-electron chi connectivity index (χ2n) is 5.60. The van der Waals surface area contributed by atoms with Crippen molar-refractivity contribution < 1.29 is 9.59 Å². The zero-order valence-corrected chi connectivity index (χ0v) is 14.1. The van der Waals surface area contributed by atoms with Gasteiger partial charge in [-0.3, -0.25) is 9.59 Å². The molecule has 2 amide bonds. The van der Waals surface area contributed by atoms with Crippen molar-refractivity contribution in [1.29, 1.82) is 0 Å². The number of hydrogen-bond donors (Lipinski definition) is 1. The fourth-order valence-corrected chi connectivity index (χ4v) is 3.22. The number of carbonyl (C=O) groups is 2. The number of para-hydroxylation sites is 1. The van der Waals surface area contributed by atoms with Crippen LogP contribution >= 0.6 is 15.9 Å². The highest BCUT2D eigenvalue weighted by molar-refractivity contribution is 9.10. The molecule has 1 heterocycles. The summed E-state index contributed by atoms with van der Waals surface area (Å²) in [7, 11) is 0. The summed E-state index contributed by atoms with van der Waals surface area (Å²) < 4.78 is 0.769. The molecule has 118 valence electrons. The highest BCUT2D eigenvalue weighted by Crippen LogP contribution is 2.24. The molecule has 1 N–H and O–H groups in total. The maximum Gasteiger partial charge on any atom is 0.252 e. The predicted molar refractivity (Wildman–Crippen MR) is 93.4 cm³/mol. The lowest BCUT2D eigenvalue weighted by atomic mass is 10.1. The van der Waals surface area contributed by atoms with Gasteiger partial charge in [0.1, 0.15) is 0 Å². The predicted octanol–water partition coefficient (Wildman–Crippen LogP) is 3.23. The monoisotopic (exact) mass is 372 g/mol. The number of rotatable bonds is 4. The SMILES string of the molecule is O=C(NCC1CC(=O)N(c2ccccc2)C1)c1ccccc1Br. The Morgan fingerprint density at radius 2 is 1.83 bits per heavy atom. The third-order valence-electron chi connectivity index (χ3n) is 3.94. The van der Waals surface area contributed by atoms with Crippen LogP contribution in [0.3, 0.4) is 0 Å². The summed E-state index contributed by atoms with van der Waals surface area (Å²) in [6.07, 6.45) is 0.463. The van der Waals surface area contributed by atoms with Gasteiger partial charge in [0, 0.05) is 35.6 Å². The molecule has 0 radical (unpaired) electrons. The van der Waals surface area contributed by atoms with Gasteiger partial charge in [-0.15, -0.1) is 0 Å². The first kappa shape index (κ1) is 15.7.